The van der Waals surface area contributed by atoms with Crippen molar-refractivity contribution in [3.8, 4) is 0 Å². The van der Waals surface area contributed by atoms with E-state index in [1.165, 1.54) is 0 Å². The van der Waals surface area contributed by atoms with Gasteiger partial charge in [-0.15, -0.1) is 0 Å². The maximum absolute atomic E-state index is 11.8. The molecule has 0 aliphatic heterocycles. The van der Waals surface area contributed by atoms with Gasteiger partial charge in [-0.25, -0.2) is 4.98 Å². The van der Waals surface area contributed by atoms with Crippen molar-refractivity contribution in [2.24, 2.45) is 0 Å². The predicted octanol–water partition coefficient (Wildman–Crippen LogP) is 2.47. The van der Waals surface area contributed by atoms with Gasteiger partial charge in [-0.3, -0.25) is 4.79 Å². The summed E-state index contributed by atoms with van der Waals surface area (Å²) in [4.78, 5) is 19.1. The third kappa shape index (κ3) is 3.85. The first-order valence-corrected chi connectivity index (χ1v) is 6.70. The highest BCUT2D eigenvalue weighted by Gasteiger charge is 2.06. The molecule has 1 aromatic heterocycles. The Morgan fingerprint density at radius 3 is 2.55 bits per heavy atom. The Labute approximate surface area is 118 Å². The summed E-state index contributed by atoms with van der Waals surface area (Å²) in [5.74, 6) is 0.859. The fourth-order valence-corrected chi connectivity index (χ4v) is 1.84. The SMILES string of the molecule is Cc1ncc(CNc2ccc(C(=O)NC(C)C)cc2)[nH]1. The summed E-state index contributed by atoms with van der Waals surface area (Å²) in [6.45, 7) is 6.49. The van der Waals surface area contributed by atoms with Crippen molar-refractivity contribution in [3.63, 3.8) is 0 Å². The number of imidazole rings is 1. The van der Waals surface area contributed by atoms with Crippen molar-refractivity contribution < 1.29 is 4.79 Å². The Hall–Kier alpha value is -2.30. The lowest BCUT2D eigenvalue weighted by atomic mass is 10.2. The molecule has 106 valence electrons. The van der Waals surface area contributed by atoms with Crippen LogP contribution < -0.4 is 10.6 Å². The smallest absolute Gasteiger partial charge is 0.251 e. The summed E-state index contributed by atoms with van der Waals surface area (Å²) in [6, 6.07) is 7.58. The van der Waals surface area contributed by atoms with Gasteiger partial charge >= 0.3 is 0 Å². The van der Waals surface area contributed by atoms with Crippen molar-refractivity contribution in [2.45, 2.75) is 33.4 Å². The molecule has 0 saturated heterocycles. The molecule has 0 saturated carbocycles. The second-order valence-corrected chi connectivity index (χ2v) is 5.05. The largest absolute Gasteiger partial charge is 0.379 e. The van der Waals surface area contributed by atoms with Crippen LogP contribution in [0.3, 0.4) is 0 Å². The number of hydrogen-bond acceptors (Lipinski definition) is 3. The van der Waals surface area contributed by atoms with Crippen LogP contribution in [0.5, 0.6) is 0 Å². The quantitative estimate of drug-likeness (QED) is 0.783. The van der Waals surface area contributed by atoms with Gasteiger partial charge in [-0.1, -0.05) is 0 Å². The average Bonchev–Trinajstić information content (AvgIpc) is 2.82. The summed E-state index contributed by atoms with van der Waals surface area (Å²) >= 11 is 0. The highest BCUT2D eigenvalue weighted by atomic mass is 16.1. The molecule has 5 heteroatoms. The summed E-state index contributed by atoms with van der Waals surface area (Å²) in [7, 11) is 0. The number of anilines is 1. The van der Waals surface area contributed by atoms with E-state index in [9.17, 15) is 4.79 Å². The lowest BCUT2D eigenvalue weighted by molar-refractivity contribution is 0.0943. The van der Waals surface area contributed by atoms with Crippen LogP contribution in [0.25, 0.3) is 0 Å². The zero-order valence-corrected chi connectivity index (χ0v) is 12.0. The minimum atomic E-state index is -0.0456. The van der Waals surface area contributed by atoms with Gasteiger partial charge in [-0.2, -0.15) is 0 Å². The van der Waals surface area contributed by atoms with Gasteiger partial charge in [0, 0.05) is 17.3 Å². The van der Waals surface area contributed by atoms with Crippen LogP contribution in [0.2, 0.25) is 0 Å². The van der Waals surface area contributed by atoms with Crippen LogP contribution in [-0.4, -0.2) is 21.9 Å². The zero-order chi connectivity index (χ0) is 14.5. The number of rotatable bonds is 5. The molecule has 1 heterocycles. The summed E-state index contributed by atoms with van der Waals surface area (Å²) in [5, 5.41) is 6.14. The minimum absolute atomic E-state index is 0.0456. The Morgan fingerprint density at radius 2 is 2.00 bits per heavy atom. The number of benzene rings is 1. The summed E-state index contributed by atoms with van der Waals surface area (Å²) in [5.41, 5.74) is 2.67. The van der Waals surface area contributed by atoms with Gasteiger partial charge in [0.05, 0.1) is 18.4 Å². The molecule has 0 unspecified atom stereocenters. The third-order valence-corrected chi connectivity index (χ3v) is 2.81. The van der Waals surface area contributed by atoms with Gasteiger partial charge in [0.1, 0.15) is 5.82 Å². The lowest BCUT2D eigenvalue weighted by Gasteiger charge is -2.09. The van der Waals surface area contributed by atoms with Crippen molar-refractivity contribution in [3.05, 3.63) is 47.5 Å². The summed E-state index contributed by atoms with van der Waals surface area (Å²) in [6.07, 6.45) is 1.81. The maximum Gasteiger partial charge on any atom is 0.251 e. The molecule has 0 fully saturated rings. The number of nitrogens with one attached hydrogen (secondary N) is 3. The normalized spacial score (nSPS) is 10.6. The molecule has 2 aromatic rings. The highest BCUT2D eigenvalue weighted by Crippen LogP contribution is 2.11. The molecule has 0 aliphatic rings. The first kappa shape index (κ1) is 14.1. The van der Waals surface area contributed by atoms with Gasteiger partial charge in [-0.05, 0) is 45.0 Å². The first-order valence-electron chi connectivity index (χ1n) is 6.70. The minimum Gasteiger partial charge on any atom is -0.379 e. The Kier molecular flexibility index (Phi) is 4.40. The van der Waals surface area contributed by atoms with E-state index in [1.807, 2.05) is 51.2 Å². The van der Waals surface area contributed by atoms with Crippen molar-refractivity contribution in [1.82, 2.24) is 15.3 Å². The van der Waals surface area contributed by atoms with Crippen LogP contribution in [0, 0.1) is 6.92 Å². The molecule has 5 nitrogen and oxygen atoms in total. The second-order valence-electron chi connectivity index (χ2n) is 5.05. The molecular formula is C15H20N4O. The van der Waals surface area contributed by atoms with Crippen LogP contribution in [0.1, 0.15) is 35.7 Å². The van der Waals surface area contributed by atoms with Gasteiger partial charge in [0.15, 0.2) is 0 Å². The van der Waals surface area contributed by atoms with Crippen molar-refractivity contribution >= 4 is 11.6 Å². The van der Waals surface area contributed by atoms with E-state index in [2.05, 4.69) is 20.6 Å². The van der Waals surface area contributed by atoms with Crippen LogP contribution in [0.15, 0.2) is 30.5 Å². The van der Waals surface area contributed by atoms with Crippen LogP contribution >= 0.6 is 0 Å². The number of carbonyl (C=O) groups excluding carboxylic acids is 1. The Bertz CT molecular complexity index is 572. The number of aryl methyl sites for hydroxylation is 1. The number of aromatic nitrogens is 2. The van der Waals surface area contributed by atoms with Gasteiger partial charge in [0.2, 0.25) is 0 Å². The third-order valence-electron chi connectivity index (χ3n) is 2.81. The highest BCUT2D eigenvalue weighted by molar-refractivity contribution is 5.94. The van der Waals surface area contributed by atoms with Crippen LogP contribution in [0.4, 0.5) is 5.69 Å². The molecule has 0 spiro atoms. The van der Waals surface area contributed by atoms with Crippen molar-refractivity contribution in [1.29, 1.82) is 0 Å². The number of aromatic amines is 1. The van der Waals surface area contributed by atoms with E-state index in [-0.39, 0.29) is 11.9 Å². The fraction of sp³-hybridized carbons (Fsp3) is 0.333. The Morgan fingerprint density at radius 1 is 1.30 bits per heavy atom. The number of hydrogen-bond donors (Lipinski definition) is 3. The zero-order valence-electron chi connectivity index (χ0n) is 12.0. The fourth-order valence-electron chi connectivity index (χ4n) is 1.84. The van der Waals surface area contributed by atoms with E-state index < -0.39 is 0 Å². The molecule has 1 amide bonds. The van der Waals surface area contributed by atoms with Crippen LogP contribution in [-0.2, 0) is 6.54 Å². The monoisotopic (exact) mass is 272 g/mol. The molecule has 2 rings (SSSR count). The average molecular weight is 272 g/mol. The molecule has 0 radical (unpaired) electrons. The van der Waals surface area contributed by atoms with Crippen molar-refractivity contribution in [2.75, 3.05) is 5.32 Å². The number of H-pyrrole nitrogens is 1. The molecular weight excluding hydrogens is 252 g/mol. The standard InChI is InChI=1S/C15H20N4O/c1-10(2)18-15(20)12-4-6-13(7-5-12)17-9-14-8-16-11(3)19-14/h4-8,10,17H,9H2,1-3H3,(H,16,19)(H,18,20). The van der Waals surface area contributed by atoms with E-state index in [4.69, 9.17) is 0 Å². The Balaban J connectivity index is 1.93. The maximum atomic E-state index is 11.8. The summed E-state index contributed by atoms with van der Waals surface area (Å²) < 4.78 is 0. The van der Waals surface area contributed by atoms with Gasteiger partial charge < -0.3 is 15.6 Å². The molecule has 0 bridgehead atoms. The number of amides is 1. The molecule has 0 aliphatic carbocycles. The topological polar surface area (TPSA) is 69.8 Å². The number of nitrogens with zero attached hydrogens (tertiary/aromatic N) is 1. The second kappa shape index (κ2) is 6.23. The van der Waals surface area contributed by atoms with E-state index in [0.717, 1.165) is 17.2 Å². The molecule has 20 heavy (non-hydrogen) atoms. The lowest BCUT2D eigenvalue weighted by Crippen LogP contribution is -2.29. The number of carbonyl (C=O) groups is 1. The molecule has 3 N–H and O–H groups in total. The van der Waals surface area contributed by atoms with E-state index in [0.29, 0.717) is 12.1 Å². The van der Waals surface area contributed by atoms with E-state index in [1.54, 1.807) is 0 Å². The first-order chi connectivity index (χ1) is 9.54. The predicted molar refractivity (Wildman–Crippen MR) is 79.7 cm³/mol. The molecule has 0 atom stereocenters. The van der Waals surface area contributed by atoms with E-state index >= 15 is 0 Å². The molecule has 1 aromatic carbocycles. The van der Waals surface area contributed by atoms with Gasteiger partial charge in [0.25, 0.3) is 5.91 Å².